The minimum Gasteiger partial charge on any atom is -0.461 e. The van der Waals surface area contributed by atoms with Crippen molar-refractivity contribution in [2.24, 2.45) is 5.41 Å². The van der Waals surface area contributed by atoms with Crippen molar-refractivity contribution in [3.63, 3.8) is 0 Å². The molecular formula is C21H28O3. The Balaban J connectivity index is 2.24. The molecule has 3 heteroatoms. The lowest BCUT2D eigenvalue weighted by atomic mass is 9.93. The van der Waals surface area contributed by atoms with Gasteiger partial charge in [0, 0.05) is 17.9 Å². The highest BCUT2D eigenvalue weighted by atomic mass is 16.5. The number of carbonyl (C=O) groups is 1. The summed E-state index contributed by atoms with van der Waals surface area (Å²) < 4.78 is 11.7. The molecule has 3 nitrogen and oxygen atoms in total. The van der Waals surface area contributed by atoms with E-state index in [4.69, 9.17) is 9.15 Å². The number of ether oxygens (including phenoxy) is 1. The smallest absolute Gasteiger partial charge is 0.316 e. The molecule has 0 saturated heterocycles. The van der Waals surface area contributed by atoms with Crippen molar-refractivity contribution in [3.05, 3.63) is 53.5 Å². The fourth-order valence-electron chi connectivity index (χ4n) is 2.20. The second kappa shape index (κ2) is 6.84. The predicted molar refractivity (Wildman–Crippen MR) is 96.3 cm³/mol. The number of aryl methyl sites for hydroxylation is 2. The zero-order chi connectivity index (χ0) is 18.0. The number of esters is 1. The molecule has 1 heterocycles. The molecule has 1 aromatic heterocycles. The van der Waals surface area contributed by atoms with Crippen LogP contribution in [0.1, 0.15) is 58.6 Å². The van der Waals surface area contributed by atoms with E-state index in [0.29, 0.717) is 12.2 Å². The fraction of sp³-hybridized carbons (Fsp3) is 0.476. The topological polar surface area (TPSA) is 39.4 Å². The summed E-state index contributed by atoms with van der Waals surface area (Å²) in [5, 5.41) is 0. The minimum absolute atomic E-state index is 0.131. The second-order valence-corrected chi connectivity index (χ2v) is 8.27. The summed E-state index contributed by atoms with van der Waals surface area (Å²) >= 11 is 0. The number of furan rings is 1. The van der Waals surface area contributed by atoms with E-state index in [-0.39, 0.29) is 11.4 Å². The first-order valence-electron chi connectivity index (χ1n) is 8.47. The highest BCUT2D eigenvalue weighted by Gasteiger charge is 2.28. The van der Waals surface area contributed by atoms with Crippen molar-refractivity contribution in [1.29, 1.82) is 0 Å². The fourth-order valence-corrected chi connectivity index (χ4v) is 2.20. The molecule has 0 aliphatic heterocycles. The molecule has 0 aliphatic carbocycles. The maximum Gasteiger partial charge on any atom is 0.316 e. The summed E-state index contributed by atoms with van der Waals surface area (Å²) in [6.07, 6.45) is 1.55. The molecule has 130 valence electrons. The summed E-state index contributed by atoms with van der Waals surface area (Å²) in [6, 6.07) is 12.1. The van der Waals surface area contributed by atoms with Crippen LogP contribution in [0.5, 0.6) is 5.75 Å². The van der Waals surface area contributed by atoms with Crippen LogP contribution in [-0.2, 0) is 23.1 Å². The molecule has 0 radical (unpaired) electrons. The first-order chi connectivity index (χ1) is 11.1. The van der Waals surface area contributed by atoms with Gasteiger partial charge in [-0.05, 0) is 32.8 Å². The first kappa shape index (κ1) is 18.3. The van der Waals surface area contributed by atoms with E-state index in [0.717, 1.165) is 17.9 Å². The van der Waals surface area contributed by atoms with Gasteiger partial charge >= 0.3 is 5.97 Å². The van der Waals surface area contributed by atoms with E-state index in [1.807, 2.05) is 45.0 Å². The van der Waals surface area contributed by atoms with Gasteiger partial charge in [-0.2, -0.15) is 0 Å². The zero-order valence-electron chi connectivity index (χ0n) is 15.6. The molecule has 2 rings (SSSR count). The highest BCUT2D eigenvalue weighted by molar-refractivity contribution is 5.78. The van der Waals surface area contributed by atoms with Crippen molar-refractivity contribution >= 4 is 5.97 Å². The average Bonchev–Trinajstić information content (AvgIpc) is 2.88. The van der Waals surface area contributed by atoms with Crippen LogP contribution in [0.3, 0.4) is 0 Å². The van der Waals surface area contributed by atoms with E-state index in [2.05, 4.69) is 32.9 Å². The van der Waals surface area contributed by atoms with Gasteiger partial charge in [0.05, 0.1) is 5.41 Å². The maximum atomic E-state index is 12.3. The van der Waals surface area contributed by atoms with Crippen LogP contribution < -0.4 is 4.74 Å². The van der Waals surface area contributed by atoms with Gasteiger partial charge in [-0.1, -0.05) is 51.1 Å². The van der Waals surface area contributed by atoms with Gasteiger partial charge < -0.3 is 9.15 Å². The summed E-state index contributed by atoms with van der Waals surface area (Å²) in [5.41, 5.74) is 0.559. The van der Waals surface area contributed by atoms with E-state index in [1.165, 1.54) is 5.56 Å². The monoisotopic (exact) mass is 328 g/mol. The Labute approximate surface area is 145 Å². The van der Waals surface area contributed by atoms with Crippen LogP contribution in [0.4, 0.5) is 0 Å². The Kier molecular flexibility index (Phi) is 5.22. The molecular weight excluding hydrogens is 300 g/mol. The van der Waals surface area contributed by atoms with Gasteiger partial charge in [0.15, 0.2) is 5.75 Å². The van der Waals surface area contributed by atoms with Gasteiger partial charge in [-0.15, -0.1) is 0 Å². The molecule has 0 bridgehead atoms. The summed E-state index contributed by atoms with van der Waals surface area (Å²) in [5.74, 6) is 1.88. The SMILES string of the molecule is CC(C)(C)C(=O)Oc1cc(C(C)(C)C)oc1CCc1ccccc1. The van der Waals surface area contributed by atoms with Gasteiger partial charge in [0.25, 0.3) is 0 Å². The number of hydrogen-bond acceptors (Lipinski definition) is 3. The standard InChI is InChI=1S/C21H28O3/c1-20(2,3)18-14-17(24-19(22)21(4,5)6)16(23-18)13-12-15-10-8-7-9-11-15/h7-11,14H,12-13H2,1-6H3. The molecule has 24 heavy (non-hydrogen) atoms. The number of carbonyl (C=O) groups excluding carboxylic acids is 1. The Morgan fingerprint density at radius 3 is 2.17 bits per heavy atom. The quantitative estimate of drug-likeness (QED) is 0.714. The maximum absolute atomic E-state index is 12.3. The van der Waals surface area contributed by atoms with Crippen LogP contribution in [0.25, 0.3) is 0 Å². The third kappa shape index (κ3) is 4.73. The van der Waals surface area contributed by atoms with Gasteiger partial charge in [-0.25, -0.2) is 0 Å². The van der Waals surface area contributed by atoms with Crippen molar-refractivity contribution in [3.8, 4) is 5.75 Å². The Hall–Kier alpha value is -2.03. The van der Waals surface area contributed by atoms with E-state index >= 15 is 0 Å². The normalized spacial score (nSPS) is 12.2. The van der Waals surface area contributed by atoms with Crippen molar-refractivity contribution in [2.45, 2.75) is 59.8 Å². The van der Waals surface area contributed by atoms with Crippen molar-refractivity contribution < 1.29 is 13.9 Å². The Bertz CT molecular complexity index is 682. The van der Waals surface area contributed by atoms with Crippen LogP contribution in [-0.4, -0.2) is 5.97 Å². The molecule has 0 fully saturated rings. The molecule has 0 amide bonds. The lowest BCUT2D eigenvalue weighted by Crippen LogP contribution is -2.25. The average molecular weight is 328 g/mol. The van der Waals surface area contributed by atoms with Crippen LogP contribution >= 0.6 is 0 Å². The highest BCUT2D eigenvalue weighted by Crippen LogP contribution is 2.33. The van der Waals surface area contributed by atoms with Crippen molar-refractivity contribution in [1.82, 2.24) is 0 Å². The van der Waals surface area contributed by atoms with Crippen LogP contribution in [0.15, 0.2) is 40.8 Å². The van der Waals surface area contributed by atoms with Gasteiger partial charge in [0.1, 0.15) is 11.5 Å². The molecule has 0 aliphatic rings. The van der Waals surface area contributed by atoms with E-state index in [1.54, 1.807) is 0 Å². The summed E-state index contributed by atoms with van der Waals surface area (Å²) in [6.45, 7) is 11.8. The lowest BCUT2D eigenvalue weighted by Gasteiger charge is -2.16. The van der Waals surface area contributed by atoms with Gasteiger partial charge in [-0.3, -0.25) is 4.79 Å². The zero-order valence-corrected chi connectivity index (χ0v) is 15.6. The molecule has 0 N–H and O–H groups in total. The first-order valence-corrected chi connectivity index (χ1v) is 8.47. The number of hydrogen-bond donors (Lipinski definition) is 0. The van der Waals surface area contributed by atoms with Gasteiger partial charge in [0.2, 0.25) is 0 Å². The molecule has 1 aromatic carbocycles. The number of benzene rings is 1. The molecule has 0 saturated carbocycles. The van der Waals surface area contributed by atoms with E-state index < -0.39 is 5.41 Å². The van der Waals surface area contributed by atoms with Crippen molar-refractivity contribution in [2.75, 3.05) is 0 Å². The van der Waals surface area contributed by atoms with Crippen LogP contribution in [0, 0.1) is 5.41 Å². The molecule has 2 aromatic rings. The largest absolute Gasteiger partial charge is 0.461 e. The molecule has 0 atom stereocenters. The Morgan fingerprint density at radius 1 is 1.00 bits per heavy atom. The minimum atomic E-state index is -0.546. The summed E-state index contributed by atoms with van der Waals surface area (Å²) in [4.78, 5) is 12.3. The molecule has 0 unspecified atom stereocenters. The third-order valence-electron chi connectivity index (χ3n) is 3.81. The Morgan fingerprint density at radius 2 is 1.62 bits per heavy atom. The molecule has 0 spiro atoms. The van der Waals surface area contributed by atoms with Crippen LogP contribution in [0.2, 0.25) is 0 Å². The second-order valence-electron chi connectivity index (χ2n) is 8.27. The van der Waals surface area contributed by atoms with E-state index in [9.17, 15) is 4.79 Å². The number of rotatable bonds is 4. The predicted octanol–water partition coefficient (Wildman–Crippen LogP) is 5.31. The summed E-state index contributed by atoms with van der Waals surface area (Å²) in [7, 11) is 0. The lowest BCUT2D eigenvalue weighted by molar-refractivity contribution is -0.143. The third-order valence-corrected chi connectivity index (χ3v) is 3.81.